The van der Waals surface area contributed by atoms with Gasteiger partial charge >= 0.3 is 0 Å². The van der Waals surface area contributed by atoms with Gasteiger partial charge in [0.05, 0.1) is 6.10 Å². The summed E-state index contributed by atoms with van der Waals surface area (Å²) in [6.07, 6.45) is 2.25. The van der Waals surface area contributed by atoms with E-state index in [-0.39, 0.29) is 0 Å². The lowest BCUT2D eigenvalue weighted by Gasteiger charge is -2.06. The third-order valence-electron chi connectivity index (χ3n) is 2.73. The van der Waals surface area contributed by atoms with Crippen molar-refractivity contribution in [2.45, 2.75) is 26.4 Å². The van der Waals surface area contributed by atoms with E-state index in [1.165, 1.54) is 0 Å². The molecule has 0 saturated heterocycles. The topological polar surface area (TPSA) is 46.0 Å². The highest BCUT2D eigenvalue weighted by Crippen LogP contribution is 2.19. The first kappa shape index (κ1) is 11.7. The number of rotatable bonds is 3. The van der Waals surface area contributed by atoms with Gasteiger partial charge < -0.3 is 5.11 Å². The van der Waals surface area contributed by atoms with Gasteiger partial charge in [-0.3, -0.25) is 0 Å². The monoisotopic (exact) mass is 228 g/mol. The fourth-order valence-corrected chi connectivity index (χ4v) is 1.64. The van der Waals surface area contributed by atoms with Crippen LogP contribution in [-0.2, 0) is 6.42 Å². The number of nitrogens with zero attached hydrogens (tertiary/aromatic N) is 2. The van der Waals surface area contributed by atoms with Gasteiger partial charge in [0, 0.05) is 17.5 Å². The molecule has 0 aliphatic rings. The van der Waals surface area contributed by atoms with Gasteiger partial charge in [0.25, 0.3) is 0 Å². The fraction of sp³-hybridized carbons (Fsp3) is 0.286. The molecule has 1 aromatic heterocycles. The molecule has 0 amide bonds. The number of aromatic nitrogens is 2. The largest absolute Gasteiger partial charge is 0.389 e. The summed E-state index contributed by atoms with van der Waals surface area (Å²) in [5.41, 5.74) is 2.92. The van der Waals surface area contributed by atoms with E-state index in [0.29, 0.717) is 0 Å². The maximum atomic E-state index is 9.44. The van der Waals surface area contributed by atoms with Crippen LogP contribution in [0.15, 0.2) is 36.5 Å². The summed E-state index contributed by atoms with van der Waals surface area (Å²) in [5.74, 6) is 0.737. The second kappa shape index (κ2) is 5.06. The van der Waals surface area contributed by atoms with E-state index in [9.17, 15) is 5.11 Å². The highest BCUT2D eigenvalue weighted by atomic mass is 16.3. The molecule has 0 radical (unpaired) electrons. The van der Waals surface area contributed by atoms with E-state index in [0.717, 1.165) is 29.1 Å². The van der Waals surface area contributed by atoms with Crippen LogP contribution < -0.4 is 0 Å². The Bertz CT molecular complexity index is 492. The van der Waals surface area contributed by atoms with Crippen molar-refractivity contribution in [2.75, 3.05) is 0 Å². The summed E-state index contributed by atoms with van der Waals surface area (Å²) in [5, 5.41) is 9.44. The predicted molar refractivity (Wildman–Crippen MR) is 67.5 cm³/mol. The van der Waals surface area contributed by atoms with Gasteiger partial charge in [0.2, 0.25) is 0 Å². The number of aliphatic hydroxyl groups is 1. The summed E-state index contributed by atoms with van der Waals surface area (Å²) in [4.78, 5) is 8.72. The lowest BCUT2D eigenvalue weighted by Crippen LogP contribution is -1.94. The molecule has 0 aliphatic heterocycles. The Morgan fingerprint density at radius 1 is 1.18 bits per heavy atom. The van der Waals surface area contributed by atoms with Crippen LogP contribution in [0.25, 0.3) is 11.4 Å². The predicted octanol–water partition coefficient (Wildman–Crippen LogP) is 2.76. The third-order valence-corrected chi connectivity index (χ3v) is 2.73. The van der Waals surface area contributed by atoms with Crippen molar-refractivity contribution in [3.8, 4) is 11.4 Å². The van der Waals surface area contributed by atoms with Crippen molar-refractivity contribution in [3.05, 3.63) is 47.8 Å². The van der Waals surface area contributed by atoms with Crippen LogP contribution in [0.2, 0.25) is 0 Å². The molecule has 0 bridgehead atoms. The minimum absolute atomic E-state index is 0.438. The van der Waals surface area contributed by atoms with Crippen molar-refractivity contribution in [2.24, 2.45) is 0 Å². The van der Waals surface area contributed by atoms with Gasteiger partial charge in [-0.1, -0.05) is 31.2 Å². The summed E-state index contributed by atoms with van der Waals surface area (Å²) in [6.45, 7) is 3.83. The number of benzene rings is 1. The van der Waals surface area contributed by atoms with Crippen molar-refractivity contribution in [1.29, 1.82) is 0 Å². The highest BCUT2D eigenvalue weighted by Gasteiger charge is 2.04. The zero-order valence-corrected chi connectivity index (χ0v) is 10.1. The molecule has 88 valence electrons. The Kier molecular flexibility index (Phi) is 3.49. The first-order valence-corrected chi connectivity index (χ1v) is 5.81. The number of aliphatic hydroxyl groups excluding tert-OH is 1. The molecule has 1 heterocycles. The smallest absolute Gasteiger partial charge is 0.159 e. The van der Waals surface area contributed by atoms with Gasteiger partial charge in [-0.05, 0) is 25.0 Å². The lowest BCUT2D eigenvalue weighted by molar-refractivity contribution is 0.199. The van der Waals surface area contributed by atoms with Crippen molar-refractivity contribution in [3.63, 3.8) is 0 Å². The average molecular weight is 228 g/mol. The van der Waals surface area contributed by atoms with Gasteiger partial charge in [0.15, 0.2) is 5.82 Å². The molecular formula is C14H16N2O. The fourth-order valence-electron chi connectivity index (χ4n) is 1.64. The molecule has 0 spiro atoms. The number of aryl methyl sites for hydroxylation is 1. The van der Waals surface area contributed by atoms with E-state index in [2.05, 4.69) is 16.9 Å². The zero-order valence-electron chi connectivity index (χ0n) is 10.1. The minimum atomic E-state index is -0.438. The summed E-state index contributed by atoms with van der Waals surface area (Å²) < 4.78 is 0. The highest BCUT2D eigenvalue weighted by molar-refractivity contribution is 5.55. The Morgan fingerprint density at radius 3 is 2.47 bits per heavy atom. The summed E-state index contributed by atoms with van der Waals surface area (Å²) in [6, 6.07) is 9.62. The molecule has 2 rings (SSSR count). The average Bonchev–Trinajstić information content (AvgIpc) is 2.39. The molecule has 3 nitrogen and oxygen atoms in total. The van der Waals surface area contributed by atoms with Crippen molar-refractivity contribution >= 4 is 0 Å². The molecule has 17 heavy (non-hydrogen) atoms. The maximum Gasteiger partial charge on any atom is 0.159 e. The molecule has 0 fully saturated rings. The second-order valence-corrected chi connectivity index (χ2v) is 4.02. The van der Waals surface area contributed by atoms with Crippen LogP contribution in [0.5, 0.6) is 0 Å². The third kappa shape index (κ3) is 2.68. The Labute approximate surface area is 101 Å². The van der Waals surface area contributed by atoms with Gasteiger partial charge in [-0.15, -0.1) is 0 Å². The summed E-state index contributed by atoms with van der Waals surface area (Å²) >= 11 is 0. The summed E-state index contributed by atoms with van der Waals surface area (Å²) in [7, 11) is 0. The van der Waals surface area contributed by atoms with Crippen LogP contribution in [0.3, 0.4) is 0 Å². The molecule has 0 saturated carbocycles. The maximum absolute atomic E-state index is 9.44. The standard InChI is InChI=1S/C14H16N2O/c1-3-13-8-9-15-14(16-13)12-6-4-11(5-7-12)10(2)17/h4-10,17H,3H2,1-2H3. The van der Waals surface area contributed by atoms with Crippen LogP contribution >= 0.6 is 0 Å². The van der Waals surface area contributed by atoms with E-state index in [1.807, 2.05) is 30.3 Å². The van der Waals surface area contributed by atoms with Gasteiger partial charge in [-0.2, -0.15) is 0 Å². The van der Waals surface area contributed by atoms with E-state index in [1.54, 1.807) is 13.1 Å². The first-order chi connectivity index (χ1) is 8.20. The molecule has 0 aliphatic carbocycles. The van der Waals surface area contributed by atoms with Crippen molar-refractivity contribution < 1.29 is 5.11 Å². The molecular weight excluding hydrogens is 212 g/mol. The van der Waals surface area contributed by atoms with Gasteiger partial charge in [-0.25, -0.2) is 9.97 Å². The Balaban J connectivity index is 2.32. The van der Waals surface area contributed by atoms with Gasteiger partial charge in [0.1, 0.15) is 0 Å². The van der Waals surface area contributed by atoms with Crippen LogP contribution in [0.4, 0.5) is 0 Å². The molecule has 1 N–H and O–H groups in total. The molecule has 1 atom stereocenters. The number of hydrogen-bond acceptors (Lipinski definition) is 3. The minimum Gasteiger partial charge on any atom is -0.389 e. The van der Waals surface area contributed by atoms with Crippen molar-refractivity contribution in [1.82, 2.24) is 9.97 Å². The lowest BCUT2D eigenvalue weighted by atomic mass is 10.1. The van der Waals surface area contributed by atoms with Crippen LogP contribution in [0.1, 0.15) is 31.2 Å². The second-order valence-electron chi connectivity index (χ2n) is 4.02. The van der Waals surface area contributed by atoms with E-state index >= 15 is 0 Å². The SMILES string of the molecule is CCc1ccnc(-c2ccc(C(C)O)cc2)n1. The molecule has 1 aromatic carbocycles. The first-order valence-electron chi connectivity index (χ1n) is 5.81. The van der Waals surface area contributed by atoms with E-state index < -0.39 is 6.10 Å². The van der Waals surface area contributed by atoms with Crippen LogP contribution in [-0.4, -0.2) is 15.1 Å². The number of hydrogen-bond donors (Lipinski definition) is 1. The quantitative estimate of drug-likeness (QED) is 0.878. The zero-order chi connectivity index (χ0) is 12.3. The van der Waals surface area contributed by atoms with Crippen LogP contribution in [0, 0.1) is 0 Å². The Hall–Kier alpha value is -1.74. The van der Waals surface area contributed by atoms with E-state index in [4.69, 9.17) is 0 Å². The molecule has 2 aromatic rings. The molecule has 1 unspecified atom stereocenters. The Morgan fingerprint density at radius 2 is 1.88 bits per heavy atom. The molecule has 3 heteroatoms. The normalized spacial score (nSPS) is 12.4.